The first-order chi connectivity index (χ1) is 8.53. The van der Waals surface area contributed by atoms with Crippen LogP contribution in [0.2, 0.25) is 0 Å². The van der Waals surface area contributed by atoms with E-state index in [1.807, 2.05) is 13.8 Å². The SMILES string of the molecule is CCC(C)NC(=O)c1cc(OC)cc(OC)c1N. The van der Waals surface area contributed by atoms with E-state index in [-0.39, 0.29) is 11.9 Å². The van der Waals surface area contributed by atoms with E-state index in [2.05, 4.69) is 5.32 Å². The van der Waals surface area contributed by atoms with Gasteiger partial charge in [-0.3, -0.25) is 4.79 Å². The number of ether oxygens (including phenoxy) is 2. The van der Waals surface area contributed by atoms with Crippen LogP contribution in [-0.4, -0.2) is 26.2 Å². The Hall–Kier alpha value is -1.91. The van der Waals surface area contributed by atoms with Crippen LogP contribution in [0.1, 0.15) is 30.6 Å². The molecule has 1 rings (SSSR count). The van der Waals surface area contributed by atoms with Crippen LogP contribution in [0, 0.1) is 0 Å². The molecule has 1 aromatic rings. The molecule has 0 saturated carbocycles. The van der Waals surface area contributed by atoms with Crippen molar-refractivity contribution < 1.29 is 14.3 Å². The summed E-state index contributed by atoms with van der Waals surface area (Å²) in [4.78, 5) is 12.1. The van der Waals surface area contributed by atoms with Gasteiger partial charge in [0.2, 0.25) is 0 Å². The summed E-state index contributed by atoms with van der Waals surface area (Å²) in [6.07, 6.45) is 0.854. The van der Waals surface area contributed by atoms with Crippen molar-refractivity contribution in [1.82, 2.24) is 5.32 Å². The quantitative estimate of drug-likeness (QED) is 0.784. The van der Waals surface area contributed by atoms with E-state index >= 15 is 0 Å². The number of carbonyl (C=O) groups excluding carboxylic acids is 1. The Morgan fingerprint density at radius 1 is 1.39 bits per heavy atom. The number of amides is 1. The molecule has 3 N–H and O–H groups in total. The first-order valence-electron chi connectivity index (χ1n) is 5.85. The lowest BCUT2D eigenvalue weighted by Gasteiger charge is -2.15. The fourth-order valence-electron chi connectivity index (χ4n) is 1.48. The Morgan fingerprint density at radius 2 is 2.06 bits per heavy atom. The summed E-state index contributed by atoms with van der Waals surface area (Å²) in [7, 11) is 3.03. The summed E-state index contributed by atoms with van der Waals surface area (Å²) in [5, 5.41) is 2.86. The van der Waals surface area contributed by atoms with Crippen molar-refractivity contribution in [1.29, 1.82) is 0 Å². The van der Waals surface area contributed by atoms with Crippen LogP contribution in [-0.2, 0) is 0 Å². The third-order valence-electron chi connectivity index (χ3n) is 2.81. The molecule has 0 saturated heterocycles. The second-order valence-electron chi connectivity index (χ2n) is 4.07. The lowest BCUT2D eigenvalue weighted by Crippen LogP contribution is -2.32. The molecule has 0 spiro atoms. The van der Waals surface area contributed by atoms with E-state index < -0.39 is 0 Å². The second-order valence-corrected chi connectivity index (χ2v) is 4.07. The smallest absolute Gasteiger partial charge is 0.253 e. The summed E-state index contributed by atoms with van der Waals surface area (Å²) < 4.78 is 10.2. The molecule has 0 bridgehead atoms. The third kappa shape index (κ3) is 3.06. The highest BCUT2D eigenvalue weighted by molar-refractivity contribution is 6.01. The van der Waals surface area contributed by atoms with Gasteiger partial charge in [-0.05, 0) is 19.4 Å². The fourth-order valence-corrected chi connectivity index (χ4v) is 1.48. The standard InChI is InChI=1S/C13H20N2O3/c1-5-8(2)15-13(16)10-6-9(17-3)7-11(18-4)12(10)14/h6-8H,5,14H2,1-4H3,(H,15,16). The zero-order chi connectivity index (χ0) is 13.7. The number of methoxy groups -OCH3 is 2. The fraction of sp³-hybridized carbons (Fsp3) is 0.462. The molecule has 0 aliphatic carbocycles. The van der Waals surface area contributed by atoms with E-state index in [0.717, 1.165) is 6.42 Å². The van der Waals surface area contributed by atoms with Crippen molar-refractivity contribution in [2.75, 3.05) is 20.0 Å². The van der Waals surface area contributed by atoms with Crippen molar-refractivity contribution in [3.63, 3.8) is 0 Å². The summed E-state index contributed by atoms with van der Waals surface area (Å²) in [5.74, 6) is 0.748. The first kappa shape index (κ1) is 14.2. The van der Waals surface area contributed by atoms with Gasteiger partial charge in [-0.2, -0.15) is 0 Å². The van der Waals surface area contributed by atoms with Crippen LogP contribution < -0.4 is 20.5 Å². The van der Waals surface area contributed by atoms with Crippen molar-refractivity contribution in [3.8, 4) is 11.5 Å². The maximum Gasteiger partial charge on any atom is 0.253 e. The number of rotatable bonds is 5. The van der Waals surface area contributed by atoms with E-state index in [4.69, 9.17) is 15.2 Å². The molecule has 0 aliphatic heterocycles. The molecule has 0 heterocycles. The number of anilines is 1. The van der Waals surface area contributed by atoms with Crippen molar-refractivity contribution in [2.24, 2.45) is 0 Å². The summed E-state index contributed by atoms with van der Waals surface area (Å²) in [6.45, 7) is 3.94. The Bertz CT molecular complexity index is 432. The average Bonchev–Trinajstić information content (AvgIpc) is 2.38. The van der Waals surface area contributed by atoms with Crippen molar-refractivity contribution >= 4 is 11.6 Å². The van der Waals surface area contributed by atoms with Gasteiger partial charge in [0.15, 0.2) is 0 Å². The number of nitrogens with two attached hydrogens (primary N) is 1. The zero-order valence-corrected chi connectivity index (χ0v) is 11.2. The molecule has 18 heavy (non-hydrogen) atoms. The monoisotopic (exact) mass is 252 g/mol. The molecule has 5 heteroatoms. The molecule has 0 radical (unpaired) electrons. The number of hydrogen-bond acceptors (Lipinski definition) is 4. The normalized spacial score (nSPS) is 11.8. The molecule has 0 aromatic heterocycles. The number of benzene rings is 1. The van der Waals surface area contributed by atoms with Gasteiger partial charge in [-0.15, -0.1) is 0 Å². The Balaban J connectivity index is 3.10. The number of nitrogens with one attached hydrogen (secondary N) is 1. The van der Waals surface area contributed by atoms with Gasteiger partial charge in [0.25, 0.3) is 5.91 Å². The predicted molar refractivity (Wildman–Crippen MR) is 71.2 cm³/mol. The highest BCUT2D eigenvalue weighted by Crippen LogP contribution is 2.30. The van der Waals surface area contributed by atoms with Gasteiger partial charge in [0, 0.05) is 12.1 Å². The maximum atomic E-state index is 12.1. The van der Waals surface area contributed by atoms with E-state index in [1.165, 1.54) is 14.2 Å². The van der Waals surface area contributed by atoms with E-state index in [1.54, 1.807) is 12.1 Å². The van der Waals surface area contributed by atoms with Crippen LogP contribution in [0.3, 0.4) is 0 Å². The highest BCUT2D eigenvalue weighted by Gasteiger charge is 2.16. The summed E-state index contributed by atoms with van der Waals surface area (Å²) >= 11 is 0. The van der Waals surface area contributed by atoms with Crippen LogP contribution in [0.25, 0.3) is 0 Å². The third-order valence-corrected chi connectivity index (χ3v) is 2.81. The second kappa shape index (κ2) is 6.14. The van der Waals surface area contributed by atoms with Crippen molar-refractivity contribution in [2.45, 2.75) is 26.3 Å². The van der Waals surface area contributed by atoms with Crippen molar-refractivity contribution in [3.05, 3.63) is 17.7 Å². The van der Waals surface area contributed by atoms with E-state index in [0.29, 0.717) is 22.7 Å². The number of hydrogen-bond donors (Lipinski definition) is 2. The molecule has 1 atom stereocenters. The number of carbonyl (C=O) groups is 1. The first-order valence-corrected chi connectivity index (χ1v) is 5.85. The average molecular weight is 252 g/mol. The molecule has 100 valence electrons. The molecule has 1 aromatic carbocycles. The largest absolute Gasteiger partial charge is 0.497 e. The molecular weight excluding hydrogens is 232 g/mol. The highest BCUT2D eigenvalue weighted by atomic mass is 16.5. The zero-order valence-electron chi connectivity index (χ0n) is 11.2. The Labute approximate surface area is 107 Å². The lowest BCUT2D eigenvalue weighted by molar-refractivity contribution is 0.0939. The van der Waals surface area contributed by atoms with Crippen LogP contribution in [0.4, 0.5) is 5.69 Å². The maximum absolute atomic E-state index is 12.1. The molecular formula is C13H20N2O3. The minimum absolute atomic E-state index is 0.0918. The van der Waals surface area contributed by atoms with Gasteiger partial charge in [-0.1, -0.05) is 6.92 Å². The molecule has 0 fully saturated rings. The van der Waals surface area contributed by atoms with E-state index in [9.17, 15) is 4.79 Å². The molecule has 1 unspecified atom stereocenters. The van der Waals surface area contributed by atoms with Gasteiger partial charge in [-0.25, -0.2) is 0 Å². The lowest BCUT2D eigenvalue weighted by atomic mass is 10.1. The topological polar surface area (TPSA) is 73.6 Å². The number of nitrogen functional groups attached to an aromatic ring is 1. The molecule has 0 aliphatic rings. The minimum Gasteiger partial charge on any atom is -0.497 e. The Kier molecular flexibility index (Phi) is 4.83. The Morgan fingerprint density at radius 3 is 2.56 bits per heavy atom. The predicted octanol–water partition coefficient (Wildman–Crippen LogP) is 1.81. The molecule has 5 nitrogen and oxygen atoms in total. The summed E-state index contributed by atoms with van der Waals surface area (Å²) in [6, 6.07) is 3.35. The van der Waals surface area contributed by atoms with Gasteiger partial charge >= 0.3 is 0 Å². The summed E-state index contributed by atoms with van der Waals surface area (Å²) in [5.41, 5.74) is 6.58. The van der Waals surface area contributed by atoms with Crippen LogP contribution >= 0.6 is 0 Å². The van der Waals surface area contributed by atoms with Gasteiger partial charge in [0.05, 0.1) is 25.5 Å². The van der Waals surface area contributed by atoms with Gasteiger partial charge in [0.1, 0.15) is 11.5 Å². The van der Waals surface area contributed by atoms with Gasteiger partial charge < -0.3 is 20.5 Å². The van der Waals surface area contributed by atoms with Crippen LogP contribution in [0.15, 0.2) is 12.1 Å². The van der Waals surface area contributed by atoms with Crippen LogP contribution in [0.5, 0.6) is 11.5 Å². The minimum atomic E-state index is -0.223. The molecule has 1 amide bonds.